The highest BCUT2D eigenvalue weighted by Gasteiger charge is 2.25. The molecule has 22 heavy (non-hydrogen) atoms. The van der Waals surface area contributed by atoms with Crippen molar-refractivity contribution in [3.8, 4) is 0 Å². The van der Waals surface area contributed by atoms with Gasteiger partial charge in [-0.2, -0.15) is 0 Å². The van der Waals surface area contributed by atoms with Crippen LogP contribution in [0, 0.1) is 0 Å². The van der Waals surface area contributed by atoms with E-state index in [9.17, 15) is 8.78 Å². The molecule has 2 aromatic rings. The van der Waals surface area contributed by atoms with Gasteiger partial charge in [0.15, 0.2) is 5.82 Å². The summed E-state index contributed by atoms with van der Waals surface area (Å²) in [7, 11) is 4.02. The van der Waals surface area contributed by atoms with Gasteiger partial charge in [-0.1, -0.05) is 12.1 Å². The molecule has 2 heterocycles. The van der Waals surface area contributed by atoms with E-state index in [-0.39, 0.29) is 6.04 Å². The number of aromatic nitrogens is 2. The number of halogens is 2. The SMILES string of the molecule is CN1CCC[C@@H](N(C)c2nc(C(F)F)nc3ccccc23)C1. The van der Waals surface area contributed by atoms with E-state index < -0.39 is 12.2 Å². The molecule has 0 bridgehead atoms. The largest absolute Gasteiger partial charge is 0.355 e. The summed E-state index contributed by atoms with van der Waals surface area (Å²) < 4.78 is 26.2. The summed E-state index contributed by atoms with van der Waals surface area (Å²) in [5, 5.41) is 0.822. The number of likely N-dealkylation sites (tertiary alicyclic amines) is 1. The first-order valence-corrected chi connectivity index (χ1v) is 7.52. The number of anilines is 1. The molecule has 4 nitrogen and oxygen atoms in total. The van der Waals surface area contributed by atoms with Crippen molar-refractivity contribution < 1.29 is 8.78 Å². The third kappa shape index (κ3) is 2.88. The predicted octanol–water partition coefficient (Wildman–Crippen LogP) is 3.10. The first-order valence-electron chi connectivity index (χ1n) is 7.52. The highest BCUT2D eigenvalue weighted by Crippen LogP contribution is 2.29. The van der Waals surface area contributed by atoms with Crippen LogP contribution >= 0.6 is 0 Å². The molecule has 1 aliphatic rings. The number of nitrogens with zero attached hydrogens (tertiary/aromatic N) is 4. The maximum absolute atomic E-state index is 13.1. The second kappa shape index (κ2) is 6.12. The standard InChI is InChI=1S/C16H20F2N4/c1-21-9-5-6-11(10-21)22(2)16-12-7-3-4-8-13(12)19-15(20-16)14(17)18/h3-4,7-8,11,14H,5-6,9-10H2,1-2H3/t11-/m1/s1. The molecule has 0 amide bonds. The van der Waals surface area contributed by atoms with Gasteiger partial charge in [0.05, 0.1) is 5.52 Å². The van der Waals surface area contributed by atoms with Gasteiger partial charge in [-0.05, 0) is 38.6 Å². The normalized spacial score (nSPS) is 19.8. The van der Waals surface area contributed by atoms with Crippen molar-refractivity contribution in [2.45, 2.75) is 25.3 Å². The minimum absolute atomic E-state index is 0.280. The quantitative estimate of drug-likeness (QED) is 0.872. The average Bonchev–Trinajstić information content (AvgIpc) is 2.53. The zero-order valence-corrected chi connectivity index (χ0v) is 12.8. The summed E-state index contributed by atoms with van der Waals surface area (Å²) in [5.74, 6) is 0.200. The molecule has 0 unspecified atom stereocenters. The molecule has 1 fully saturated rings. The fourth-order valence-electron chi connectivity index (χ4n) is 3.07. The Labute approximate surface area is 128 Å². The summed E-state index contributed by atoms with van der Waals surface area (Å²) in [6.07, 6.45) is -0.509. The maximum atomic E-state index is 13.1. The maximum Gasteiger partial charge on any atom is 0.297 e. The van der Waals surface area contributed by atoms with Gasteiger partial charge in [0.2, 0.25) is 0 Å². The van der Waals surface area contributed by atoms with Crippen molar-refractivity contribution in [1.82, 2.24) is 14.9 Å². The Balaban J connectivity index is 2.04. The summed E-state index contributed by atoms with van der Waals surface area (Å²) in [5.41, 5.74) is 0.568. The monoisotopic (exact) mass is 306 g/mol. The van der Waals surface area contributed by atoms with Gasteiger partial charge in [-0.3, -0.25) is 0 Å². The van der Waals surface area contributed by atoms with Gasteiger partial charge in [-0.25, -0.2) is 18.7 Å². The third-order valence-corrected chi connectivity index (χ3v) is 4.28. The predicted molar refractivity (Wildman–Crippen MR) is 83.4 cm³/mol. The molecule has 1 aliphatic heterocycles. The molecule has 0 N–H and O–H groups in total. The van der Waals surface area contributed by atoms with Crippen molar-refractivity contribution in [2.24, 2.45) is 0 Å². The molecule has 3 rings (SSSR count). The van der Waals surface area contributed by atoms with Crippen molar-refractivity contribution >= 4 is 16.7 Å². The number of hydrogen-bond donors (Lipinski definition) is 0. The van der Waals surface area contributed by atoms with E-state index in [2.05, 4.69) is 21.9 Å². The summed E-state index contributed by atoms with van der Waals surface area (Å²) >= 11 is 0. The van der Waals surface area contributed by atoms with Crippen LogP contribution in [0.3, 0.4) is 0 Å². The van der Waals surface area contributed by atoms with Crippen LogP contribution in [0.2, 0.25) is 0 Å². The number of rotatable bonds is 3. The van der Waals surface area contributed by atoms with Gasteiger partial charge >= 0.3 is 0 Å². The summed E-state index contributed by atoms with van der Waals surface area (Å²) in [6.45, 7) is 2.00. The van der Waals surface area contributed by atoms with E-state index in [1.165, 1.54) is 0 Å². The van der Waals surface area contributed by atoms with Gasteiger partial charge in [0.1, 0.15) is 5.82 Å². The Morgan fingerprint density at radius 1 is 1.27 bits per heavy atom. The lowest BCUT2D eigenvalue weighted by Crippen LogP contribution is -2.45. The molecule has 1 saturated heterocycles. The van der Waals surface area contributed by atoms with Crippen molar-refractivity contribution in [2.75, 3.05) is 32.1 Å². The van der Waals surface area contributed by atoms with Crippen LogP contribution in [0.15, 0.2) is 24.3 Å². The molecular formula is C16H20F2N4. The minimum atomic E-state index is -2.66. The zero-order valence-electron chi connectivity index (χ0n) is 12.8. The Kier molecular flexibility index (Phi) is 4.20. The first kappa shape index (κ1) is 15.1. The first-order chi connectivity index (χ1) is 10.6. The van der Waals surface area contributed by atoms with Gasteiger partial charge in [-0.15, -0.1) is 0 Å². The van der Waals surface area contributed by atoms with Gasteiger partial charge in [0.25, 0.3) is 6.43 Å². The van der Waals surface area contributed by atoms with Crippen LogP contribution in [-0.2, 0) is 0 Å². The lowest BCUT2D eigenvalue weighted by atomic mass is 10.0. The fraction of sp³-hybridized carbons (Fsp3) is 0.500. The van der Waals surface area contributed by atoms with Crippen molar-refractivity contribution in [3.63, 3.8) is 0 Å². The molecule has 1 aromatic carbocycles. The second-order valence-corrected chi connectivity index (χ2v) is 5.89. The highest BCUT2D eigenvalue weighted by molar-refractivity contribution is 5.89. The molecule has 0 spiro atoms. The number of alkyl halides is 2. The van der Waals surface area contributed by atoms with Crippen LogP contribution < -0.4 is 4.90 Å². The number of likely N-dealkylation sites (N-methyl/N-ethyl adjacent to an activating group) is 2. The number of hydrogen-bond acceptors (Lipinski definition) is 4. The van der Waals surface area contributed by atoms with E-state index in [4.69, 9.17) is 0 Å². The van der Waals surface area contributed by atoms with Crippen LogP contribution in [0.25, 0.3) is 10.9 Å². The Hall–Kier alpha value is -1.82. The minimum Gasteiger partial charge on any atom is -0.355 e. The number of para-hydroxylation sites is 1. The number of benzene rings is 1. The van der Waals surface area contributed by atoms with E-state index in [1.54, 1.807) is 6.07 Å². The average molecular weight is 306 g/mol. The molecule has 1 aromatic heterocycles. The van der Waals surface area contributed by atoms with Gasteiger partial charge in [0, 0.05) is 25.0 Å². The van der Waals surface area contributed by atoms with Gasteiger partial charge < -0.3 is 9.80 Å². The van der Waals surface area contributed by atoms with Crippen molar-refractivity contribution in [1.29, 1.82) is 0 Å². The third-order valence-electron chi connectivity index (χ3n) is 4.28. The van der Waals surface area contributed by atoms with E-state index >= 15 is 0 Å². The molecule has 118 valence electrons. The van der Waals surface area contributed by atoms with E-state index in [1.807, 2.05) is 30.1 Å². The Morgan fingerprint density at radius 3 is 2.77 bits per heavy atom. The fourth-order valence-corrected chi connectivity index (χ4v) is 3.07. The smallest absolute Gasteiger partial charge is 0.297 e. The van der Waals surface area contributed by atoms with E-state index in [0.29, 0.717) is 11.3 Å². The molecule has 1 atom stereocenters. The Bertz CT molecular complexity index is 662. The lowest BCUT2D eigenvalue weighted by molar-refractivity contribution is 0.141. The molecule has 0 saturated carbocycles. The number of fused-ring (bicyclic) bond motifs is 1. The van der Waals surface area contributed by atoms with Crippen molar-refractivity contribution in [3.05, 3.63) is 30.1 Å². The van der Waals surface area contributed by atoms with Crippen LogP contribution in [0.5, 0.6) is 0 Å². The molecular weight excluding hydrogens is 286 g/mol. The second-order valence-electron chi connectivity index (χ2n) is 5.89. The molecule has 0 radical (unpaired) electrons. The van der Waals surface area contributed by atoms with Crippen LogP contribution in [0.1, 0.15) is 25.1 Å². The van der Waals surface area contributed by atoms with Crippen LogP contribution in [0.4, 0.5) is 14.6 Å². The highest BCUT2D eigenvalue weighted by atomic mass is 19.3. The Morgan fingerprint density at radius 2 is 2.05 bits per heavy atom. The summed E-state index contributed by atoms with van der Waals surface area (Å²) in [6, 6.07) is 7.62. The zero-order chi connectivity index (χ0) is 15.7. The summed E-state index contributed by atoms with van der Waals surface area (Å²) in [4.78, 5) is 12.4. The topological polar surface area (TPSA) is 32.3 Å². The lowest BCUT2D eigenvalue weighted by Gasteiger charge is -2.36. The van der Waals surface area contributed by atoms with E-state index in [0.717, 1.165) is 31.3 Å². The molecule has 6 heteroatoms. The van der Waals surface area contributed by atoms with Crippen LogP contribution in [-0.4, -0.2) is 48.1 Å². The number of piperidine rings is 1. The molecule has 0 aliphatic carbocycles.